The van der Waals surface area contributed by atoms with Crippen LogP contribution in [0.5, 0.6) is 0 Å². The minimum atomic E-state index is -0.227. The van der Waals surface area contributed by atoms with Crippen LogP contribution >= 0.6 is 0 Å². The average molecular weight is 254 g/mol. The predicted octanol–water partition coefficient (Wildman–Crippen LogP) is 4.26. The molecule has 0 atom stereocenters. The van der Waals surface area contributed by atoms with Crippen LogP contribution < -0.4 is 0 Å². The molecule has 1 aromatic rings. The molecule has 0 saturated heterocycles. The zero-order chi connectivity index (χ0) is 13.6. The van der Waals surface area contributed by atoms with E-state index in [9.17, 15) is 4.79 Å². The summed E-state index contributed by atoms with van der Waals surface area (Å²) in [7, 11) is 0. The zero-order valence-electron chi connectivity index (χ0n) is 11.7. The molecule has 0 heterocycles. The second-order valence-electron chi connectivity index (χ2n) is 5.36. The summed E-state index contributed by atoms with van der Waals surface area (Å²) in [6.07, 6.45) is 6.90. The van der Waals surface area contributed by atoms with Gasteiger partial charge in [-0.25, -0.2) is 0 Å². The van der Waals surface area contributed by atoms with Gasteiger partial charge < -0.3 is 0 Å². The molecular formula is C18H22O. The maximum absolute atomic E-state index is 12.7. The van der Waals surface area contributed by atoms with E-state index in [2.05, 4.69) is 24.0 Å². The van der Waals surface area contributed by atoms with E-state index in [4.69, 9.17) is 0 Å². The number of benzene rings is 1. The van der Waals surface area contributed by atoms with E-state index in [0.29, 0.717) is 18.6 Å². The topological polar surface area (TPSA) is 17.1 Å². The van der Waals surface area contributed by atoms with E-state index in [-0.39, 0.29) is 5.41 Å². The first-order valence-electron chi connectivity index (χ1n) is 7.28. The SMILES string of the molecule is CC#CCCC(=O)C1(c2ccccc2)CCCCC1. The van der Waals surface area contributed by atoms with E-state index in [1.165, 1.54) is 24.8 Å². The van der Waals surface area contributed by atoms with Crippen LogP contribution in [-0.4, -0.2) is 5.78 Å². The molecule has 1 heteroatoms. The van der Waals surface area contributed by atoms with Gasteiger partial charge in [-0.05, 0) is 25.3 Å². The quantitative estimate of drug-likeness (QED) is 0.734. The van der Waals surface area contributed by atoms with Crippen LogP contribution in [-0.2, 0) is 10.2 Å². The van der Waals surface area contributed by atoms with Gasteiger partial charge in [0.2, 0.25) is 0 Å². The second kappa shape index (κ2) is 6.57. The Morgan fingerprint density at radius 1 is 1.16 bits per heavy atom. The molecule has 0 aromatic heterocycles. The van der Waals surface area contributed by atoms with Crippen molar-refractivity contribution in [2.75, 3.05) is 0 Å². The van der Waals surface area contributed by atoms with Crippen molar-refractivity contribution in [1.29, 1.82) is 0 Å². The third-order valence-corrected chi connectivity index (χ3v) is 4.22. The lowest BCUT2D eigenvalue weighted by molar-refractivity contribution is -0.125. The number of ketones is 1. The molecule has 1 aliphatic carbocycles. The Balaban J connectivity index is 2.23. The number of rotatable bonds is 4. The highest BCUT2D eigenvalue weighted by Crippen LogP contribution is 2.41. The van der Waals surface area contributed by atoms with Gasteiger partial charge in [0.25, 0.3) is 0 Å². The van der Waals surface area contributed by atoms with Crippen LogP contribution in [0.3, 0.4) is 0 Å². The minimum Gasteiger partial charge on any atom is -0.299 e. The maximum atomic E-state index is 12.7. The van der Waals surface area contributed by atoms with Gasteiger partial charge in [0.15, 0.2) is 0 Å². The third-order valence-electron chi connectivity index (χ3n) is 4.22. The number of carbonyl (C=O) groups excluding carboxylic acids is 1. The molecule has 100 valence electrons. The van der Waals surface area contributed by atoms with Crippen molar-refractivity contribution in [2.24, 2.45) is 0 Å². The van der Waals surface area contributed by atoms with Crippen LogP contribution in [0.4, 0.5) is 0 Å². The van der Waals surface area contributed by atoms with Gasteiger partial charge >= 0.3 is 0 Å². The minimum absolute atomic E-state index is 0.227. The van der Waals surface area contributed by atoms with E-state index < -0.39 is 0 Å². The van der Waals surface area contributed by atoms with Gasteiger partial charge in [0.1, 0.15) is 5.78 Å². The molecule has 19 heavy (non-hydrogen) atoms. The third kappa shape index (κ3) is 3.07. The highest BCUT2D eigenvalue weighted by molar-refractivity contribution is 5.90. The molecule has 0 N–H and O–H groups in total. The smallest absolute Gasteiger partial charge is 0.144 e. The summed E-state index contributed by atoms with van der Waals surface area (Å²) in [4.78, 5) is 12.7. The van der Waals surface area contributed by atoms with E-state index in [1.807, 2.05) is 25.1 Å². The molecule has 1 nitrogen and oxygen atoms in total. The van der Waals surface area contributed by atoms with Crippen molar-refractivity contribution < 1.29 is 4.79 Å². The molecule has 1 saturated carbocycles. The Morgan fingerprint density at radius 3 is 2.47 bits per heavy atom. The monoisotopic (exact) mass is 254 g/mol. The highest BCUT2D eigenvalue weighted by Gasteiger charge is 2.39. The summed E-state index contributed by atoms with van der Waals surface area (Å²) in [6, 6.07) is 10.4. The molecule has 1 fully saturated rings. The Labute approximate surface area is 116 Å². The van der Waals surface area contributed by atoms with Crippen molar-refractivity contribution in [3.8, 4) is 11.8 Å². The first-order valence-corrected chi connectivity index (χ1v) is 7.28. The first-order chi connectivity index (χ1) is 9.29. The normalized spacial score (nSPS) is 17.3. The summed E-state index contributed by atoms with van der Waals surface area (Å²) in [5.41, 5.74) is 0.985. The van der Waals surface area contributed by atoms with E-state index in [1.54, 1.807) is 0 Å². The second-order valence-corrected chi connectivity index (χ2v) is 5.36. The number of carbonyl (C=O) groups is 1. The molecule has 0 radical (unpaired) electrons. The molecule has 1 aromatic carbocycles. The van der Waals surface area contributed by atoms with Crippen LogP contribution in [0.15, 0.2) is 30.3 Å². The Bertz CT molecular complexity index is 469. The van der Waals surface area contributed by atoms with Crippen LogP contribution in [0.2, 0.25) is 0 Å². The van der Waals surface area contributed by atoms with Crippen molar-refractivity contribution >= 4 is 5.78 Å². The maximum Gasteiger partial charge on any atom is 0.144 e. The fraction of sp³-hybridized carbons (Fsp3) is 0.500. The molecule has 0 unspecified atom stereocenters. The Hall–Kier alpha value is -1.55. The van der Waals surface area contributed by atoms with Gasteiger partial charge in [-0.3, -0.25) is 4.79 Å². The van der Waals surface area contributed by atoms with Crippen molar-refractivity contribution in [3.05, 3.63) is 35.9 Å². The average Bonchev–Trinajstić information content (AvgIpc) is 2.49. The molecular weight excluding hydrogens is 232 g/mol. The summed E-state index contributed by atoms with van der Waals surface area (Å²) >= 11 is 0. The number of hydrogen-bond donors (Lipinski definition) is 0. The van der Waals surface area contributed by atoms with Crippen LogP contribution in [0, 0.1) is 11.8 Å². The van der Waals surface area contributed by atoms with Crippen molar-refractivity contribution in [2.45, 2.75) is 57.3 Å². The number of hydrogen-bond acceptors (Lipinski definition) is 1. The van der Waals surface area contributed by atoms with Gasteiger partial charge in [-0.2, -0.15) is 0 Å². The Kier molecular flexibility index (Phi) is 4.80. The van der Waals surface area contributed by atoms with Gasteiger partial charge in [-0.1, -0.05) is 49.6 Å². The lowest BCUT2D eigenvalue weighted by Crippen LogP contribution is -2.37. The van der Waals surface area contributed by atoms with Crippen LogP contribution in [0.25, 0.3) is 0 Å². The van der Waals surface area contributed by atoms with Crippen LogP contribution in [0.1, 0.15) is 57.4 Å². The number of Topliss-reactive ketones (excluding diaryl/α,β-unsaturated/α-hetero) is 1. The molecule has 0 bridgehead atoms. The predicted molar refractivity (Wildman–Crippen MR) is 78.9 cm³/mol. The fourth-order valence-electron chi connectivity index (χ4n) is 3.18. The van der Waals surface area contributed by atoms with Crippen molar-refractivity contribution in [3.63, 3.8) is 0 Å². The lowest BCUT2D eigenvalue weighted by Gasteiger charge is -2.36. The molecule has 0 amide bonds. The standard InChI is InChI=1S/C18H22O/c1-2-3-6-13-17(19)18(14-9-5-10-15-18)16-11-7-4-8-12-16/h4,7-8,11-12H,5-6,9-10,13-15H2,1H3. The van der Waals surface area contributed by atoms with E-state index >= 15 is 0 Å². The summed E-state index contributed by atoms with van der Waals surface area (Å²) in [5, 5.41) is 0. The molecule has 2 rings (SSSR count). The van der Waals surface area contributed by atoms with Gasteiger partial charge in [0, 0.05) is 12.8 Å². The largest absolute Gasteiger partial charge is 0.299 e. The van der Waals surface area contributed by atoms with E-state index in [0.717, 1.165) is 12.8 Å². The van der Waals surface area contributed by atoms with Crippen molar-refractivity contribution in [1.82, 2.24) is 0 Å². The summed E-state index contributed by atoms with van der Waals surface area (Å²) < 4.78 is 0. The fourth-order valence-corrected chi connectivity index (χ4v) is 3.18. The summed E-state index contributed by atoms with van der Waals surface area (Å²) in [5.74, 6) is 6.28. The molecule has 1 aliphatic rings. The first kappa shape index (κ1) is 13.9. The Morgan fingerprint density at radius 2 is 1.84 bits per heavy atom. The zero-order valence-corrected chi connectivity index (χ0v) is 11.7. The molecule has 0 aliphatic heterocycles. The molecule has 0 spiro atoms. The van der Waals surface area contributed by atoms with Gasteiger partial charge in [-0.15, -0.1) is 11.8 Å². The summed E-state index contributed by atoms with van der Waals surface area (Å²) in [6.45, 7) is 1.83. The van der Waals surface area contributed by atoms with Gasteiger partial charge in [0.05, 0.1) is 5.41 Å². The highest BCUT2D eigenvalue weighted by atomic mass is 16.1. The lowest BCUT2D eigenvalue weighted by atomic mass is 9.66.